The number of piperazine rings is 1. The molecule has 1 unspecified atom stereocenters. The minimum atomic E-state index is -0.592. The summed E-state index contributed by atoms with van der Waals surface area (Å²) in [5.74, 6) is -2.17. The molecular formula is C30H37FN6O6. The molecule has 4 N–H and O–H groups in total. The number of ketones is 2. The number of nitrogens with one attached hydrogen (secondary N) is 2. The van der Waals surface area contributed by atoms with Crippen LogP contribution in [0.5, 0.6) is 0 Å². The van der Waals surface area contributed by atoms with E-state index in [9.17, 15) is 24.0 Å². The van der Waals surface area contributed by atoms with Crippen molar-refractivity contribution in [1.82, 2.24) is 15.5 Å². The molecule has 0 aromatic heterocycles. The van der Waals surface area contributed by atoms with Gasteiger partial charge in [0.25, 0.3) is 0 Å². The van der Waals surface area contributed by atoms with Crippen molar-refractivity contribution < 1.29 is 33.1 Å². The molecule has 12 nitrogen and oxygen atoms in total. The summed E-state index contributed by atoms with van der Waals surface area (Å²) in [6.45, 7) is 6.52. The number of cyclic esters (lactones) is 1. The number of carbonyl (C=O) groups excluding carboxylic acids is 5. The van der Waals surface area contributed by atoms with Crippen molar-refractivity contribution in [2.45, 2.75) is 39.0 Å². The van der Waals surface area contributed by atoms with E-state index >= 15 is 4.39 Å². The van der Waals surface area contributed by atoms with E-state index < -0.39 is 41.5 Å². The van der Waals surface area contributed by atoms with E-state index in [0.717, 1.165) is 5.56 Å². The maximum atomic E-state index is 15.1. The van der Waals surface area contributed by atoms with Crippen LogP contribution in [0.15, 0.2) is 42.5 Å². The third kappa shape index (κ3) is 8.36. The van der Waals surface area contributed by atoms with Gasteiger partial charge in [-0.25, -0.2) is 9.18 Å². The van der Waals surface area contributed by atoms with E-state index in [-0.39, 0.29) is 25.4 Å². The molecule has 2 atom stereocenters. The largest absolute Gasteiger partial charge is 0.442 e. The predicted octanol–water partition coefficient (Wildman–Crippen LogP) is 1.21. The second kappa shape index (κ2) is 14.2. The topological polar surface area (TPSA) is 154 Å². The van der Waals surface area contributed by atoms with Gasteiger partial charge in [0, 0.05) is 58.2 Å². The summed E-state index contributed by atoms with van der Waals surface area (Å²) >= 11 is 0. The SMILES string of the molecule is CC(=O)NC[C@H]1CN(c2ccc(N3CCN(CCC(=O)C(=O)c4ccc(CNC(C)C(N)=O)cc4)CC3)c(F)c2)C(=O)O1. The van der Waals surface area contributed by atoms with Crippen LogP contribution in [-0.2, 0) is 25.7 Å². The molecule has 2 aliphatic rings. The number of primary amides is 1. The van der Waals surface area contributed by atoms with Gasteiger partial charge in [-0.1, -0.05) is 24.3 Å². The van der Waals surface area contributed by atoms with Crippen LogP contribution < -0.4 is 26.2 Å². The minimum absolute atomic E-state index is 0.0796. The Labute approximate surface area is 249 Å². The van der Waals surface area contributed by atoms with Crippen LogP contribution in [0.3, 0.4) is 0 Å². The Kier molecular flexibility index (Phi) is 10.4. The number of ether oxygens (including phenoxy) is 1. The standard InChI is InChI=1S/C30H37FN6O6/c1-19(29(32)41)33-16-21-3-5-22(6-4-21)28(40)27(39)9-10-35-11-13-36(14-12-35)26-8-7-23(15-25(26)31)37-18-24(43-30(37)42)17-34-20(2)38/h3-8,15,19,24,33H,9-14,16-18H2,1-2H3,(H2,32,41)(H,34,38)/t19?,24-/m0/s1. The smallest absolute Gasteiger partial charge is 0.414 e. The highest BCUT2D eigenvalue weighted by atomic mass is 19.1. The third-order valence-electron chi connectivity index (χ3n) is 7.57. The molecule has 0 aliphatic carbocycles. The molecule has 0 radical (unpaired) electrons. The number of nitrogens with two attached hydrogens (primary N) is 1. The summed E-state index contributed by atoms with van der Waals surface area (Å²) < 4.78 is 20.4. The fraction of sp³-hybridized carbons (Fsp3) is 0.433. The molecule has 0 saturated carbocycles. The second-order valence-corrected chi connectivity index (χ2v) is 10.7. The van der Waals surface area contributed by atoms with Gasteiger partial charge in [0.05, 0.1) is 30.5 Å². The van der Waals surface area contributed by atoms with Crippen LogP contribution in [0.25, 0.3) is 0 Å². The van der Waals surface area contributed by atoms with Crippen LogP contribution >= 0.6 is 0 Å². The van der Waals surface area contributed by atoms with E-state index in [0.29, 0.717) is 56.2 Å². The van der Waals surface area contributed by atoms with Crippen LogP contribution in [0.4, 0.5) is 20.6 Å². The van der Waals surface area contributed by atoms with Crippen molar-refractivity contribution in [3.8, 4) is 0 Å². The molecular weight excluding hydrogens is 559 g/mol. The molecule has 2 aliphatic heterocycles. The lowest BCUT2D eigenvalue weighted by molar-refractivity contribution is -0.120. The Hall–Kier alpha value is -4.36. The fourth-order valence-corrected chi connectivity index (χ4v) is 4.91. The quantitative estimate of drug-likeness (QED) is 0.229. The highest BCUT2D eigenvalue weighted by Gasteiger charge is 2.33. The van der Waals surface area contributed by atoms with E-state index in [1.807, 2.05) is 4.90 Å². The number of halogens is 1. The van der Waals surface area contributed by atoms with E-state index in [2.05, 4.69) is 15.5 Å². The van der Waals surface area contributed by atoms with Gasteiger partial charge in [0.2, 0.25) is 23.4 Å². The highest BCUT2D eigenvalue weighted by molar-refractivity contribution is 6.43. The highest BCUT2D eigenvalue weighted by Crippen LogP contribution is 2.28. The first kappa shape index (κ1) is 31.6. The molecule has 2 saturated heterocycles. The maximum absolute atomic E-state index is 15.1. The van der Waals surface area contributed by atoms with E-state index in [1.54, 1.807) is 43.3 Å². The number of benzene rings is 2. The summed E-state index contributed by atoms with van der Waals surface area (Å²) in [5.41, 5.74) is 7.20. The van der Waals surface area contributed by atoms with Crippen LogP contribution in [0, 0.1) is 5.82 Å². The molecule has 4 rings (SSSR count). The molecule has 2 aromatic carbocycles. The van der Waals surface area contributed by atoms with Crippen molar-refractivity contribution in [3.05, 3.63) is 59.4 Å². The summed E-state index contributed by atoms with van der Waals surface area (Å²) in [6.07, 6.45) is -1.02. The molecule has 43 heavy (non-hydrogen) atoms. The number of anilines is 2. The van der Waals surface area contributed by atoms with Gasteiger partial charge in [0.15, 0.2) is 0 Å². The maximum Gasteiger partial charge on any atom is 0.414 e. The Morgan fingerprint density at radius 1 is 1.07 bits per heavy atom. The molecule has 3 amide bonds. The van der Waals surface area contributed by atoms with E-state index in [1.165, 1.54) is 17.9 Å². The van der Waals surface area contributed by atoms with Gasteiger partial charge in [-0.2, -0.15) is 0 Å². The van der Waals surface area contributed by atoms with Gasteiger partial charge in [-0.3, -0.25) is 29.0 Å². The first-order chi connectivity index (χ1) is 20.5. The Morgan fingerprint density at radius 3 is 2.40 bits per heavy atom. The number of carbonyl (C=O) groups is 5. The molecule has 0 spiro atoms. The zero-order valence-corrected chi connectivity index (χ0v) is 24.3. The van der Waals surface area contributed by atoms with Gasteiger partial charge in [-0.15, -0.1) is 0 Å². The average Bonchev–Trinajstić information content (AvgIpc) is 3.38. The van der Waals surface area contributed by atoms with Crippen molar-refractivity contribution in [3.63, 3.8) is 0 Å². The Morgan fingerprint density at radius 2 is 1.77 bits per heavy atom. The Balaban J connectivity index is 1.22. The lowest BCUT2D eigenvalue weighted by Crippen LogP contribution is -2.47. The van der Waals surface area contributed by atoms with Crippen LogP contribution in [0.1, 0.15) is 36.2 Å². The summed E-state index contributed by atoms with van der Waals surface area (Å²) in [7, 11) is 0. The number of hydrogen-bond donors (Lipinski definition) is 3. The second-order valence-electron chi connectivity index (χ2n) is 10.7. The van der Waals surface area contributed by atoms with Crippen molar-refractivity contribution in [1.29, 1.82) is 0 Å². The number of rotatable bonds is 13. The van der Waals surface area contributed by atoms with Crippen LogP contribution in [0.2, 0.25) is 0 Å². The molecule has 13 heteroatoms. The molecule has 230 valence electrons. The van der Waals surface area contributed by atoms with E-state index in [4.69, 9.17) is 10.5 Å². The molecule has 2 heterocycles. The zero-order valence-electron chi connectivity index (χ0n) is 24.3. The zero-order chi connectivity index (χ0) is 31.1. The molecule has 0 bridgehead atoms. The van der Waals surface area contributed by atoms with Crippen molar-refractivity contribution in [2.24, 2.45) is 5.73 Å². The first-order valence-electron chi connectivity index (χ1n) is 14.2. The first-order valence-corrected chi connectivity index (χ1v) is 14.2. The van der Waals surface area contributed by atoms with Crippen LogP contribution in [-0.4, -0.2) is 92.3 Å². The summed E-state index contributed by atoms with van der Waals surface area (Å²) in [4.78, 5) is 65.1. The number of nitrogens with zero attached hydrogens (tertiary/aromatic N) is 3. The average molecular weight is 597 g/mol. The van der Waals surface area contributed by atoms with Crippen molar-refractivity contribution in [2.75, 3.05) is 55.6 Å². The number of hydrogen-bond acceptors (Lipinski definition) is 9. The number of Topliss-reactive ketones (excluding diaryl/α,β-unsaturated/α-hetero) is 2. The minimum Gasteiger partial charge on any atom is -0.442 e. The third-order valence-corrected chi connectivity index (χ3v) is 7.57. The number of amides is 3. The summed E-state index contributed by atoms with van der Waals surface area (Å²) in [5, 5.41) is 5.59. The van der Waals surface area contributed by atoms with Gasteiger partial charge >= 0.3 is 6.09 Å². The van der Waals surface area contributed by atoms with Gasteiger partial charge in [-0.05, 0) is 30.7 Å². The molecule has 2 aromatic rings. The summed E-state index contributed by atoms with van der Waals surface area (Å²) in [6, 6.07) is 10.8. The fourth-order valence-electron chi connectivity index (χ4n) is 4.91. The lowest BCUT2D eigenvalue weighted by Gasteiger charge is -2.36. The van der Waals surface area contributed by atoms with Gasteiger partial charge in [0.1, 0.15) is 11.9 Å². The predicted molar refractivity (Wildman–Crippen MR) is 157 cm³/mol. The molecule has 2 fully saturated rings. The Bertz CT molecular complexity index is 1360. The monoisotopic (exact) mass is 596 g/mol. The van der Waals surface area contributed by atoms with Gasteiger partial charge < -0.3 is 26.0 Å². The lowest BCUT2D eigenvalue weighted by atomic mass is 10.0. The normalized spacial score (nSPS) is 17.8. The van der Waals surface area contributed by atoms with Crippen molar-refractivity contribution >= 4 is 40.8 Å².